The first-order valence-corrected chi connectivity index (χ1v) is 9.52. The maximum absolute atomic E-state index is 12.5. The number of aromatic nitrogens is 1. The molecule has 1 aliphatic heterocycles. The first-order chi connectivity index (χ1) is 12.6. The van der Waals surface area contributed by atoms with Crippen LogP contribution >= 0.6 is 11.3 Å². The van der Waals surface area contributed by atoms with Crippen molar-refractivity contribution in [2.24, 2.45) is 0 Å². The molecule has 4 rings (SSSR count). The largest absolute Gasteiger partial charge is 0.338 e. The zero-order chi connectivity index (χ0) is 18.1. The Kier molecular flexibility index (Phi) is 4.42. The van der Waals surface area contributed by atoms with Gasteiger partial charge in [-0.15, -0.1) is 11.3 Å². The van der Waals surface area contributed by atoms with Crippen LogP contribution in [0.1, 0.15) is 34.3 Å². The molecule has 1 N–H and O–H groups in total. The van der Waals surface area contributed by atoms with Crippen LogP contribution in [0, 0.1) is 0 Å². The molecule has 3 aromatic rings. The molecule has 0 saturated carbocycles. The molecule has 0 radical (unpaired) electrons. The van der Waals surface area contributed by atoms with E-state index in [0.717, 1.165) is 34.4 Å². The maximum Gasteiger partial charge on any atom is 0.284 e. The zero-order valence-corrected chi connectivity index (χ0v) is 15.3. The summed E-state index contributed by atoms with van der Waals surface area (Å²) in [6.45, 7) is 3.25. The minimum Gasteiger partial charge on any atom is -0.338 e. The van der Waals surface area contributed by atoms with Crippen LogP contribution in [0.5, 0.6) is 0 Å². The number of thiazole rings is 1. The number of carbonyl (C=O) groups is 2. The highest BCUT2D eigenvalue weighted by Gasteiger charge is 2.20. The summed E-state index contributed by atoms with van der Waals surface area (Å²) in [5.41, 5.74) is 3.91. The van der Waals surface area contributed by atoms with E-state index in [4.69, 9.17) is 0 Å². The number of benzene rings is 2. The first-order valence-electron chi connectivity index (χ1n) is 8.70. The third-order valence-electron chi connectivity index (χ3n) is 4.62. The Bertz CT molecular complexity index is 963. The summed E-state index contributed by atoms with van der Waals surface area (Å²) in [7, 11) is 0. The zero-order valence-electron chi connectivity index (χ0n) is 14.5. The van der Waals surface area contributed by atoms with E-state index in [2.05, 4.69) is 10.3 Å². The number of anilines is 1. The Labute approximate surface area is 155 Å². The van der Waals surface area contributed by atoms with Crippen molar-refractivity contribution in [1.29, 1.82) is 0 Å². The summed E-state index contributed by atoms with van der Waals surface area (Å²) in [6, 6.07) is 13.6. The normalized spacial score (nSPS) is 13.5. The Morgan fingerprint density at radius 2 is 2.04 bits per heavy atom. The van der Waals surface area contributed by atoms with Gasteiger partial charge in [-0.05, 0) is 41.8 Å². The highest BCUT2D eigenvalue weighted by Crippen LogP contribution is 2.25. The molecule has 132 valence electrons. The minimum absolute atomic E-state index is 0.166. The van der Waals surface area contributed by atoms with Gasteiger partial charge < -0.3 is 10.2 Å². The number of amides is 2. The van der Waals surface area contributed by atoms with Gasteiger partial charge in [0.15, 0.2) is 5.01 Å². The van der Waals surface area contributed by atoms with Crippen LogP contribution in [-0.4, -0.2) is 28.2 Å². The number of rotatable bonds is 3. The molecule has 2 amide bonds. The lowest BCUT2D eigenvalue weighted by atomic mass is 9.99. The van der Waals surface area contributed by atoms with Crippen LogP contribution in [-0.2, 0) is 17.8 Å². The van der Waals surface area contributed by atoms with Gasteiger partial charge in [-0.25, -0.2) is 4.98 Å². The van der Waals surface area contributed by atoms with Gasteiger partial charge in [-0.3, -0.25) is 9.59 Å². The fourth-order valence-corrected chi connectivity index (χ4v) is 4.09. The number of nitrogens with one attached hydrogen (secondary N) is 1. The van der Waals surface area contributed by atoms with Crippen molar-refractivity contribution in [2.45, 2.75) is 26.3 Å². The van der Waals surface area contributed by atoms with E-state index in [1.54, 1.807) is 0 Å². The van der Waals surface area contributed by atoms with E-state index >= 15 is 0 Å². The lowest BCUT2D eigenvalue weighted by Gasteiger charge is -2.29. The van der Waals surface area contributed by atoms with Crippen molar-refractivity contribution < 1.29 is 9.59 Å². The monoisotopic (exact) mass is 365 g/mol. The van der Waals surface area contributed by atoms with E-state index in [0.29, 0.717) is 18.0 Å². The van der Waals surface area contributed by atoms with Gasteiger partial charge in [0.25, 0.3) is 5.91 Å². The molecular formula is C20H19N3O2S. The second kappa shape index (κ2) is 6.88. The fraction of sp³-hybridized carbons (Fsp3) is 0.250. The van der Waals surface area contributed by atoms with E-state index < -0.39 is 0 Å². The molecule has 0 saturated heterocycles. The maximum atomic E-state index is 12.5. The molecule has 1 aromatic heterocycles. The highest BCUT2D eigenvalue weighted by molar-refractivity contribution is 7.20. The third-order valence-corrected chi connectivity index (χ3v) is 5.65. The SMILES string of the molecule is CCC(=O)N1CCc2ccc(NC(=O)c3nc4ccccc4s3)cc2C1. The molecule has 6 heteroatoms. The summed E-state index contributed by atoms with van der Waals surface area (Å²) in [6.07, 6.45) is 1.37. The summed E-state index contributed by atoms with van der Waals surface area (Å²) in [4.78, 5) is 30.8. The lowest BCUT2D eigenvalue weighted by molar-refractivity contribution is -0.131. The smallest absolute Gasteiger partial charge is 0.284 e. The molecule has 26 heavy (non-hydrogen) atoms. The van der Waals surface area contributed by atoms with Crippen molar-refractivity contribution in [3.8, 4) is 0 Å². The van der Waals surface area contributed by atoms with E-state index in [-0.39, 0.29) is 11.8 Å². The average molecular weight is 365 g/mol. The highest BCUT2D eigenvalue weighted by atomic mass is 32.1. The second-order valence-corrected chi connectivity index (χ2v) is 7.37. The van der Waals surface area contributed by atoms with Crippen molar-refractivity contribution in [1.82, 2.24) is 9.88 Å². The summed E-state index contributed by atoms with van der Waals surface area (Å²) in [5, 5.41) is 3.38. The molecule has 0 bridgehead atoms. The van der Waals surface area contributed by atoms with Gasteiger partial charge in [-0.2, -0.15) is 0 Å². The fourth-order valence-electron chi connectivity index (χ4n) is 3.23. The van der Waals surface area contributed by atoms with Crippen LogP contribution in [0.2, 0.25) is 0 Å². The van der Waals surface area contributed by atoms with Gasteiger partial charge in [0.1, 0.15) is 0 Å². The molecule has 5 nitrogen and oxygen atoms in total. The Hall–Kier alpha value is -2.73. The quantitative estimate of drug-likeness (QED) is 0.767. The summed E-state index contributed by atoms with van der Waals surface area (Å²) in [5.74, 6) is -0.0389. The third kappa shape index (κ3) is 3.20. The minimum atomic E-state index is -0.205. The van der Waals surface area contributed by atoms with Crippen molar-refractivity contribution in [3.63, 3.8) is 0 Å². The Morgan fingerprint density at radius 1 is 1.19 bits per heavy atom. The molecule has 0 unspecified atom stereocenters. The van der Waals surface area contributed by atoms with Crippen molar-refractivity contribution in [3.05, 3.63) is 58.6 Å². The number of para-hydroxylation sites is 1. The molecule has 0 atom stereocenters. The predicted octanol–water partition coefficient (Wildman–Crippen LogP) is 3.84. The number of hydrogen-bond acceptors (Lipinski definition) is 4. The standard InChI is InChI=1S/C20H19N3O2S/c1-2-18(24)23-10-9-13-7-8-15(11-14(13)12-23)21-19(25)20-22-16-5-3-4-6-17(16)26-20/h3-8,11H,2,9-10,12H2,1H3,(H,21,25). The summed E-state index contributed by atoms with van der Waals surface area (Å²) >= 11 is 1.38. The van der Waals surface area contributed by atoms with Gasteiger partial charge in [0.2, 0.25) is 5.91 Å². The molecule has 2 aromatic carbocycles. The van der Waals surface area contributed by atoms with Crippen molar-refractivity contribution >= 4 is 39.1 Å². The number of carbonyl (C=O) groups excluding carboxylic acids is 2. The Balaban J connectivity index is 1.53. The average Bonchev–Trinajstić information content (AvgIpc) is 3.11. The van der Waals surface area contributed by atoms with E-state index in [1.807, 2.05) is 54.3 Å². The molecular weight excluding hydrogens is 346 g/mol. The first kappa shape index (κ1) is 16.7. The van der Waals surface area contributed by atoms with E-state index in [1.165, 1.54) is 16.9 Å². The Morgan fingerprint density at radius 3 is 2.85 bits per heavy atom. The van der Waals surface area contributed by atoms with Gasteiger partial charge >= 0.3 is 0 Å². The molecule has 0 aliphatic carbocycles. The number of fused-ring (bicyclic) bond motifs is 2. The van der Waals surface area contributed by atoms with Gasteiger partial charge in [0.05, 0.1) is 10.2 Å². The van der Waals surface area contributed by atoms with Crippen molar-refractivity contribution in [2.75, 3.05) is 11.9 Å². The van der Waals surface area contributed by atoms with Crippen LogP contribution in [0.25, 0.3) is 10.2 Å². The van der Waals surface area contributed by atoms with Crippen LogP contribution in [0.15, 0.2) is 42.5 Å². The molecule has 0 fully saturated rings. The molecule has 1 aliphatic rings. The van der Waals surface area contributed by atoms with Crippen LogP contribution < -0.4 is 5.32 Å². The van der Waals surface area contributed by atoms with Crippen LogP contribution in [0.4, 0.5) is 5.69 Å². The topological polar surface area (TPSA) is 62.3 Å². The van der Waals surface area contributed by atoms with Gasteiger partial charge in [-0.1, -0.05) is 25.1 Å². The molecule has 2 heterocycles. The molecule has 0 spiro atoms. The number of hydrogen-bond donors (Lipinski definition) is 1. The predicted molar refractivity (Wildman–Crippen MR) is 103 cm³/mol. The second-order valence-electron chi connectivity index (χ2n) is 6.34. The lowest BCUT2D eigenvalue weighted by Crippen LogP contribution is -2.35. The van der Waals surface area contributed by atoms with Gasteiger partial charge in [0, 0.05) is 25.2 Å². The van der Waals surface area contributed by atoms with E-state index in [9.17, 15) is 9.59 Å². The van der Waals surface area contributed by atoms with Crippen LogP contribution in [0.3, 0.4) is 0 Å². The number of nitrogens with zero attached hydrogens (tertiary/aromatic N) is 2. The summed E-state index contributed by atoms with van der Waals surface area (Å²) < 4.78 is 0.997.